The summed E-state index contributed by atoms with van der Waals surface area (Å²) >= 11 is 0. The quantitative estimate of drug-likeness (QED) is 0.754. The summed E-state index contributed by atoms with van der Waals surface area (Å²) in [6.07, 6.45) is 6.67. The Labute approximate surface area is 140 Å². The molecular formula is C20H25O2P. The zero-order chi connectivity index (χ0) is 16.1. The second-order valence-corrected chi connectivity index (χ2v) is 8.44. The van der Waals surface area contributed by atoms with E-state index in [2.05, 4.69) is 48.5 Å². The minimum absolute atomic E-state index is 0.472. The predicted octanol–water partition coefficient (Wildman–Crippen LogP) is 4.47. The molecule has 1 aliphatic rings. The number of rotatable bonds is 5. The van der Waals surface area contributed by atoms with Gasteiger partial charge in [-0.2, -0.15) is 0 Å². The smallest absolute Gasteiger partial charge is 0.126 e. The van der Waals surface area contributed by atoms with Gasteiger partial charge in [0.2, 0.25) is 0 Å². The van der Waals surface area contributed by atoms with Gasteiger partial charge in [0.15, 0.2) is 0 Å². The number of ether oxygens (including phenoxy) is 2. The Morgan fingerprint density at radius 1 is 0.739 bits per heavy atom. The molecule has 0 atom stereocenters. The number of para-hydroxylation sites is 2. The van der Waals surface area contributed by atoms with Crippen molar-refractivity contribution in [2.45, 2.75) is 37.8 Å². The molecule has 0 aliphatic heterocycles. The Kier molecular flexibility index (Phi) is 5.56. The van der Waals surface area contributed by atoms with E-state index in [-0.39, 0.29) is 0 Å². The van der Waals surface area contributed by atoms with Gasteiger partial charge in [-0.1, -0.05) is 55.7 Å². The van der Waals surface area contributed by atoms with Crippen LogP contribution in [0.4, 0.5) is 0 Å². The predicted molar refractivity (Wildman–Crippen MR) is 99.0 cm³/mol. The first-order valence-corrected chi connectivity index (χ1v) is 9.81. The first kappa shape index (κ1) is 16.3. The van der Waals surface area contributed by atoms with E-state index in [1.54, 1.807) is 14.2 Å². The molecule has 0 aromatic heterocycles. The van der Waals surface area contributed by atoms with Gasteiger partial charge in [-0.3, -0.25) is 0 Å². The van der Waals surface area contributed by atoms with Gasteiger partial charge >= 0.3 is 0 Å². The lowest BCUT2D eigenvalue weighted by Gasteiger charge is -2.33. The first-order chi connectivity index (χ1) is 11.3. The van der Waals surface area contributed by atoms with Crippen molar-refractivity contribution in [1.82, 2.24) is 0 Å². The minimum Gasteiger partial charge on any atom is -0.496 e. The van der Waals surface area contributed by atoms with Crippen molar-refractivity contribution in [1.29, 1.82) is 0 Å². The van der Waals surface area contributed by atoms with Crippen LogP contribution in [0, 0.1) is 0 Å². The fraction of sp³-hybridized carbons (Fsp3) is 0.400. The summed E-state index contributed by atoms with van der Waals surface area (Å²) < 4.78 is 11.4. The van der Waals surface area contributed by atoms with E-state index in [1.165, 1.54) is 42.7 Å². The highest BCUT2D eigenvalue weighted by atomic mass is 31.1. The molecule has 122 valence electrons. The SMILES string of the molecule is COc1ccccc1P(c1ccccc1OC)C1CCCCC1. The number of benzene rings is 2. The summed E-state index contributed by atoms with van der Waals surface area (Å²) in [4.78, 5) is 0. The van der Waals surface area contributed by atoms with Crippen LogP contribution in [0.25, 0.3) is 0 Å². The molecule has 0 spiro atoms. The average Bonchev–Trinajstić information content (AvgIpc) is 2.64. The van der Waals surface area contributed by atoms with Crippen LogP contribution >= 0.6 is 7.92 Å². The Balaban J connectivity index is 2.10. The number of hydrogen-bond donors (Lipinski definition) is 0. The lowest BCUT2D eigenvalue weighted by Crippen LogP contribution is -2.25. The fourth-order valence-electron chi connectivity index (χ4n) is 3.52. The van der Waals surface area contributed by atoms with Crippen molar-refractivity contribution in [2.75, 3.05) is 14.2 Å². The van der Waals surface area contributed by atoms with Gasteiger partial charge in [0, 0.05) is 10.6 Å². The third kappa shape index (κ3) is 3.53. The average molecular weight is 328 g/mol. The molecule has 2 nitrogen and oxygen atoms in total. The van der Waals surface area contributed by atoms with Crippen LogP contribution in [0.2, 0.25) is 0 Å². The summed E-state index contributed by atoms with van der Waals surface area (Å²) in [6.45, 7) is 0. The summed E-state index contributed by atoms with van der Waals surface area (Å²) in [5.74, 6) is 2.02. The van der Waals surface area contributed by atoms with E-state index in [1.807, 2.05) is 0 Å². The minimum atomic E-state index is -0.472. The lowest BCUT2D eigenvalue weighted by molar-refractivity contribution is 0.417. The Morgan fingerprint density at radius 3 is 1.70 bits per heavy atom. The molecule has 3 heteroatoms. The van der Waals surface area contributed by atoms with Gasteiger partial charge in [-0.15, -0.1) is 0 Å². The Morgan fingerprint density at radius 2 is 1.22 bits per heavy atom. The van der Waals surface area contributed by atoms with Crippen LogP contribution < -0.4 is 20.1 Å². The largest absolute Gasteiger partial charge is 0.496 e. The second-order valence-electron chi connectivity index (χ2n) is 6.01. The monoisotopic (exact) mass is 328 g/mol. The molecule has 0 amide bonds. The number of methoxy groups -OCH3 is 2. The third-order valence-corrected chi connectivity index (χ3v) is 7.65. The Hall–Kier alpha value is -1.53. The van der Waals surface area contributed by atoms with Gasteiger partial charge in [0.05, 0.1) is 14.2 Å². The molecule has 0 bridgehead atoms. The van der Waals surface area contributed by atoms with E-state index < -0.39 is 7.92 Å². The van der Waals surface area contributed by atoms with E-state index >= 15 is 0 Å². The summed E-state index contributed by atoms with van der Waals surface area (Å²) in [6, 6.07) is 17.0. The number of hydrogen-bond acceptors (Lipinski definition) is 2. The summed E-state index contributed by atoms with van der Waals surface area (Å²) in [7, 11) is 3.07. The van der Waals surface area contributed by atoms with Crippen LogP contribution in [0.1, 0.15) is 32.1 Å². The summed E-state index contributed by atoms with van der Waals surface area (Å²) in [5, 5.41) is 2.70. The van der Waals surface area contributed by atoms with E-state index in [9.17, 15) is 0 Å². The lowest BCUT2D eigenvalue weighted by atomic mass is 10.0. The first-order valence-electron chi connectivity index (χ1n) is 8.40. The maximum Gasteiger partial charge on any atom is 0.126 e. The molecule has 3 rings (SSSR count). The molecular weight excluding hydrogens is 303 g/mol. The maximum atomic E-state index is 5.69. The molecule has 0 unspecified atom stereocenters. The highest BCUT2D eigenvalue weighted by Crippen LogP contribution is 2.49. The zero-order valence-electron chi connectivity index (χ0n) is 14.0. The van der Waals surface area contributed by atoms with Crippen LogP contribution in [-0.2, 0) is 0 Å². The molecule has 2 aromatic rings. The fourth-order valence-corrected chi connectivity index (χ4v) is 6.75. The van der Waals surface area contributed by atoms with Crippen LogP contribution in [0.15, 0.2) is 48.5 Å². The molecule has 0 heterocycles. The van der Waals surface area contributed by atoms with E-state index in [0.29, 0.717) is 5.66 Å². The van der Waals surface area contributed by atoms with Crippen molar-refractivity contribution in [3.63, 3.8) is 0 Å². The van der Waals surface area contributed by atoms with Crippen LogP contribution in [-0.4, -0.2) is 19.9 Å². The molecule has 0 radical (unpaired) electrons. The van der Waals surface area contributed by atoms with Crippen molar-refractivity contribution in [3.05, 3.63) is 48.5 Å². The highest BCUT2D eigenvalue weighted by Gasteiger charge is 2.30. The van der Waals surface area contributed by atoms with Crippen LogP contribution in [0.3, 0.4) is 0 Å². The topological polar surface area (TPSA) is 18.5 Å². The van der Waals surface area contributed by atoms with Gasteiger partial charge in [0.1, 0.15) is 11.5 Å². The third-order valence-electron chi connectivity index (χ3n) is 4.63. The highest BCUT2D eigenvalue weighted by molar-refractivity contribution is 7.74. The van der Waals surface area contributed by atoms with E-state index in [0.717, 1.165) is 11.5 Å². The Bertz CT molecular complexity index is 588. The zero-order valence-corrected chi connectivity index (χ0v) is 14.9. The molecule has 1 aliphatic carbocycles. The molecule has 1 fully saturated rings. The van der Waals surface area contributed by atoms with Crippen molar-refractivity contribution in [2.24, 2.45) is 0 Å². The maximum absolute atomic E-state index is 5.69. The second kappa shape index (κ2) is 7.84. The van der Waals surface area contributed by atoms with Crippen molar-refractivity contribution >= 4 is 18.5 Å². The molecule has 0 N–H and O–H groups in total. The van der Waals surface area contributed by atoms with Crippen molar-refractivity contribution < 1.29 is 9.47 Å². The standard InChI is InChI=1S/C20H25O2P/c1-21-17-12-6-8-14-19(17)23(16-10-4-3-5-11-16)20-15-9-7-13-18(20)22-2/h6-9,12-16H,3-5,10-11H2,1-2H3. The van der Waals surface area contributed by atoms with Gasteiger partial charge < -0.3 is 9.47 Å². The molecule has 0 saturated heterocycles. The van der Waals surface area contributed by atoms with E-state index in [4.69, 9.17) is 9.47 Å². The van der Waals surface area contributed by atoms with Gasteiger partial charge in [-0.25, -0.2) is 0 Å². The van der Waals surface area contributed by atoms with Crippen molar-refractivity contribution in [3.8, 4) is 11.5 Å². The normalized spacial score (nSPS) is 15.6. The van der Waals surface area contributed by atoms with Gasteiger partial charge in [-0.05, 0) is 38.6 Å². The molecule has 23 heavy (non-hydrogen) atoms. The van der Waals surface area contributed by atoms with Gasteiger partial charge in [0.25, 0.3) is 0 Å². The molecule has 2 aromatic carbocycles. The summed E-state index contributed by atoms with van der Waals surface area (Å²) in [5.41, 5.74) is 0.714. The van der Waals surface area contributed by atoms with Crippen LogP contribution in [0.5, 0.6) is 11.5 Å². The molecule has 1 saturated carbocycles.